The second kappa shape index (κ2) is 51.9. The molecular weight excluding hydrogens is 876 g/mol. The third-order valence-corrected chi connectivity index (χ3v) is 14.9. The number of phosphoric ester groups is 1. The molecule has 0 aliphatic carbocycles. The number of aliphatic hydroxyl groups excluding tert-OH is 1. The molecule has 3 unspecified atom stereocenters. The summed E-state index contributed by atoms with van der Waals surface area (Å²) >= 11 is 0. The van der Waals surface area contributed by atoms with Crippen LogP contribution >= 0.6 is 7.82 Å². The maximum Gasteiger partial charge on any atom is 0.472 e. The van der Waals surface area contributed by atoms with E-state index in [-0.39, 0.29) is 19.1 Å². The van der Waals surface area contributed by atoms with Crippen molar-refractivity contribution < 1.29 is 32.9 Å². The van der Waals surface area contributed by atoms with Gasteiger partial charge in [-0.05, 0) is 32.1 Å². The second-order valence-electron chi connectivity index (χ2n) is 22.1. The lowest BCUT2D eigenvalue weighted by molar-refractivity contribution is -0.870. The summed E-state index contributed by atoms with van der Waals surface area (Å²) < 4.78 is 23.7. The number of phosphoric acid groups is 1. The number of hydrogen-bond acceptors (Lipinski definition) is 5. The van der Waals surface area contributed by atoms with Crippen molar-refractivity contribution in [2.75, 3.05) is 40.9 Å². The number of amides is 1. The number of carbonyl (C=O) groups excluding carboxylic acids is 1. The van der Waals surface area contributed by atoms with Gasteiger partial charge in [0.2, 0.25) is 5.91 Å². The molecule has 0 heterocycles. The number of nitrogens with zero attached hydrogens (tertiary/aromatic N) is 1. The summed E-state index contributed by atoms with van der Waals surface area (Å²) in [6, 6.07) is -0.860. The number of rotatable bonds is 56. The zero-order chi connectivity index (χ0) is 50.6. The van der Waals surface area contributed by atoms with E-state index in [2.05, 4.69) is 31.3 Å². The average Bonchev–Trinajstić information content (AvgIpc) is 3.31. The molecule has 0 aliphatic rings. The highest BCUT2D eigenvalue weighted by atomic mass is 31.2. The molecular formula is C60H120N2O6P+. The monoisotopic (exact) mass is 996 g/mol. The fourth-order valence-corrected chi connectivity index (χ4v) is 9.92. The zero-order valence-corrected chi connectivity index (χ0v) is 47.7. The van der Waals surface area contributed by atoms with Crippen molar-refractivity contribution in [2.24, 2.45) is 0 Å². The molecule has 0 radical (unpaired) electrons. The number of quaternary nitrogens is 1. The lowest BCUT2D eigenvalue weighted by atomic mass is 10.0. The molecule has 0 aromatic rings. The second-order valence-corrected chi connectivity index (χ2v) is 23.5. The van der Waals surface area contributed by atoms with E-state index in [0.717, 1.165) is 38.5 Å². The molecule has 1 amide bonds. The summed E-state index contributed by atoms with van der Waals surface area (Å²) in [6.45, 7) is 4.85. The van der Waals surface area contributed by atoms with E-state index in [1.165, 1.54) is 244 Å². The third-order valence-electron chi connectivity index (χ3n) is 13.9. The number of nitrogens with one attached hydrogen (secondary N) is 1. The van der Waals surface area contributed by atoms with E-state index in [4.69, 9.17) is 9.05 Å². The molecule has 9 heteroatoms. The normalized spacial score (nSPS) is 14.0. The highest BCUT2D eigenvalue weighted by Crippen LogP contribution is 2.43. The van der Waals surface area contributed by atoms with Gasteiger partial charge in [0.15, 0.2) is 0 Å². The van der Waals surface area contributed by atoms with Gasteiger partial charge >= 0.3 is 7.82 Å². The number of likely N-dealkylation sites (N-methyl/N-ethyl adjacent to an activating group) is 1. The molecule has 0 saturated carbocycles. The summed E-state index contributed by atoms with van der Waals surface area (Å²) in [5.41, 5.74) is 0. The highest BCUT2D eigenvalue weighted by Gasteiger charge is 2.27. The minimum Gasteiger partial charge on any atom is -0.387 e. The maximum atomic E-state index is 13.0. The minimum absolute atomic E-state index is 0.0589. The predicted octanol–water partition coefficient (Wildman–Crippen LogP) is 18.4. The SMILES string of the molecule is CCCCCCCCCCCCCCCCCCCCCC/C=C/CC/C=C/C(O)C(COP(=O)(O)OCC[N+](C)(C)C)NC(=O)CCCCCCCCCCCCCCCCCCCCCCC. The summed E-state index contributed by atoms with van der Waals surface area (Å²) in [6.07, 6.45) is 65.8. The van der Waals surface area contributed by atoms with Crippen LogP contribution in [0.25, 0.3) is 0 Å². The molecule has 410 valence electrons. The number of allylic oxidation sites excluding steroid dienone is 3. The molecule has 0 aromatic heterocycles. The van der Waals surface area contributed by atoms with Gasteiger partial charge in [-0.25, -0.2) is 4.57 Å². The lowest BCUT2D eigenvalue weighted by Crippen LogP contribution is -2.45. The Bertz CT molecular complexity index is 1170. The predicted molar refractivity (Wildman–Crippen MR) is 300 cm³/mol. The number of unbranched alkanes of at least 4 members (excludes halogenated alkanes) is 41. The van der Waals surface area contributed by atoms with Crippen LogP contribution in [0.4, 0.5) is 0 Å². The first-order valence-electron chi connectivity index (χ1n) is 30.2. The first kappa shape index (κ1) is 68.0. The Morgan fingerprint density at radius 1 is 0.478 bits per heavy atom. The summed E-state index contributed by atoms with van der Waals surface area (Å²) in [7, 11) is 1.57. The summed E-state index contributed by atoms with van der Waals surface area (Å²) in [5, 5.41) is 13.9. The number of aliphatic hydroxyl groups is 1. The first-order valence-corrected chi connectivity index (χ1v) is 31.7. The Morgan fingerprint density at radius 3 is 1.16 bits per heavy atom. The molecule has 0 fully saturated rings. The zero-order valence-electron chi connectivity index (χ0n) is 46.8. The van der Waals surface area contributed by atoms with Gasteiger partial charge in [-0.1, -0.05) is 289 Å². The molecule has 0 saturated heterocycles. The van der Waals surface area contributed by atoms with Crippen molar-refractivity contribution in [3.63, 3.8) is 0 Å². The van der Waals surface area contributed by atoms with Crippen LogP contribution in [0.3, 0.4) is 0 Å². The van der Waals surface area contributed by atoms with Gasteiger partial charge in [-0.15, -0.1) is 0 Å². The molecule has 3 atom stereocenters. The Hall–Kier alpha value is -1.02. The molecule has 8 nitrogen and oxygen atoms in total. The number of carbonyl (C=O) groups is 1. The van der Waals surface area contributed by atoms with Crippen molar-refractivity contribution in [3.8, 4) is 0 Å². The molecule has 0 rings (SSSR count). The Labute approximate surface area is 430 Å². The average molecular weight is 997 g/mol. The van der Waals surface area contributed by atoms with Crippen molar-refractivity contribution in [1.82, 2.24) is 5.32 Å². The van der Waals surface area contributed by atoms with Gasteiger partial charge in [0, 0.05) is 6.42 Å². The Kier molecular flexibility index (Phi) is 51.1. The van der Waals surface area contributed by atoms with Gasteiger partial charge in [0.05, 0.1) is 39.9 Å². The first-order chi connectivity index (χ1) is 33.5. The van der Waals surface area contributed by atoms with E-state index < -0.39 is 20.0 Å². The Morgan fingerprint density at radius 2 is 0.797 bits per heavy atom. The Balaban J connectivity index is 4.19. The fraction of sp³-hybridized carbons (Fsp3) is 0.917. The van der Waals surface area contributed by atoms with Crippen molar-refractivity contribution in [1.29, 1.82) is 0 Å². The van der Waals surface area contributed by atoms with Crippen LogP contribution in [0.1, 0.15) is 303 Å². The van der Waals surface area contributed by atoms with Crippen LogP contribution in [-0.4, -0.2) is 73.4 Å². The summed E-state index contributed by atoms with van der Waals surface area (Å²) in [5.74, 6) is -0.180. The van der Waals surface area contributed by atoms with Crippen LogP contribution in [0, 0.1) is 0 Å². The highest BCUT2D eigenvalue weighted by molar-refractivity contribution is 7.47. The van der Waals surface area contributed by atoms with Gasteiger partial charge in [0.25, 0.3) is 0 Å². The molecule has 69 heavy (non-hydrogen) atoms. The number of hydrogen-bond donors (Lipinski definition) is 3. The smallest absolute Gasteiger partial charge is 0.387 e. The van der Waals surface area contributed by atoms with Crippen molar-refractivity contribution >= 4 is 13.7 Å². The quantitative estimate of drug-likeness (QED) is 0.0243. The standard InChI is InChI=1S/C60H119N2O6P/c1-6-8-10-12-14-16-18-20-22-24-26-28-29-30-31-32-34-35-37-39-41-43-45-47-49-51-53-59(63)58(57-68-69(65,66)67-56-55-62(3,4)5)61-60(64)54-52-50-48-46-44-42-40-38-36-33-27-25-23-21-19-17-15-13-11-9-7-2/h43,45,51,53,58-59,63H,6-42,44,46-50,52,54-57H2,1-5H3,(H-,61,64,65,66)/p+1/b45-43+,53-51+. The van der Waals surface area contributed by atoms with Crippen LogP contribution < -0.4 is 5.32 Å². The topological polar surface area (TPSA) is 105 Å². The molecule has 3 N–H and O–H groups in total. The molecule has 0 aromatic carbocycles. The van der Waals surface area contributed by atoms with Gasteiger partial charge in [-0.3, -0.25) is 13.8 Å². The van der Waals surface area contributed by atoms with E-state index in [0.29, 0.717) is 17.4 Å². The van der Waals surface area contributed by atoms with Crippen LogP contribution in [0.5, 0.6) is 0 Å². The van der Waals surface area contributed by atoms with Gasteiger partial charge in [0.1, 0.15) is 13.2 Å². The minimum atomic E-state index is -4.35. The van der Waals surface area contributed by atoms with Crippen LogP contribution in [0.2, 0.25) is 0 Å². The lowest BCUT2D eigenvalue weighted by Gasteiger charge is -2.25. The van der Waals surface area contributed by atoms with Crippen LogP contribution in [-0.2, 0) is 18.4 Å². The van der Waals surface area contributed by atoms with Crippen molar-refractivity contribution in [2.45, 2.75) is 315 Å². The van der Waals surface area contributed by atoms with E-state index in [1.54, 1.807) is 6.08 Å². The van der Waals surface area contributed by atoms with Gasteiger partial charge in [-0.2, -0.15) is 0 Å². The third kappa shape index (κ3) is 54.6. The van der Waals surface area contributed by atoms with Crippen molar-refractivity contribution in [3.05, 3.63) is 24.3 Å². The maximum absolute atomic E-state index is 13.0. The van der Waals surface area contributed by atoms with Gasteiger partial charge < -0.3 is 19.8 Å². The molecule has 0 aliphatic heterocycles. The van der Waals surface area contributed by atoms with E-state index in [1.807, 2.05) is 27.2 Å². The van der Waals surface area contributed by atoms with E-state index >= 15 is 0 Å². The molecule has 0 bridgehead atoms. The fourth-order valence-electron chi connectivity index (χ4n) is 9.18. The largest absolute Gasteiger partial charge is 0.472 e. The molecule has 0 spiro atoms. The summed E-state index contributed by atoms with van der Waals surface area (Å²) in [4.78, 5) is 23.3. The van der Waals surface area contributed by atoms with E-state index in [9.17, 15) is 19.4 Å². The van der Waals surface area contributed by atoms with Crippen LogP contribution in [0.15, 0.2) is 24.3 Å².